The summed E-state index contributed by atoms with van der Waals surface area (Å²) in [6, 6.07) is 3.14. The van der Waals surface area contributed by atoms with E-state index in [4.69, 9.17) is 10.2 Å². The van der Waals surface area contributed by atoms with Crippen LogP contribution in [0.15, 0.2) is 23.1 Å². The quantitative estimate of drug-likeness (QED) is 0.294. The van der Waals surface area contributed by atoms with Gasteiger partial charge in [-0.05, 0) is 12.1 Å². The van der Waals surface area contributed by atoms with Crippen molar-refractivity contribution in [3.8, 4) is 11.5 Å². The molecule has 0 unspecified atom stereocenters. The number of para-hydroxylation sites is 1. The molecule has 5 nitrogen and oxygen atoms in total. The average molecular weight is 212 g/mol. The maximum absolute atomic E-state index is 10.4. The number of phenols is 2. The smallest absolute Gasteiger partial charge is 0.744 e. The predicted molar refractivity (Wildman–Crippen MR) is 37.7 cm³/mol. The molecule has 0 atom stereocenters. The van der Waals surface area contributed by atoms with Gasteiger partial charge in [-0.15, -0.1) is 0 Å². The van der Waals surface area contributed by atoms with Gasteiger partial charge in [-0.2, -0.15) is 0 Å². The molecule has 13 heavy (non-hydrogen) atoms. The Hall–Kier alpha value is -0.270. The first-order valence-electron chi connectivity index (χ1n) is 2.90. The van der Waals surface area contributed by atoms with E-state index in [-0.39, 0.29) is 29.6 Å². The minimum Gasteiger partial charge on any atom is -0.744 e. The Morgan fingerprint density at radius 2 is 1.77 bits per heavy atom. The topological polar surface area (TPSA) is 97.7 Å². The van der Waals surface area contributed by atoms with Crippen molar-refractivity contribution in [3.63, 3.8) is 0 Å². The van der Waals surface area contributed by atoms with Crippen LogP contribution in [0.2, 0.25) is 0 Å². The molecule has 0 amide bonds. The van der Waals surface area contributed by atoms with Gasteiger partial charge in [0.25, 0.3) is 0 Å². The minimum atomic E-state index is -4.72. The van der Waals surface area contributed by atoms with Gasteiger partial charge in [-0.25, -0.2) is 8.42 Å². The van der Waals surface area contributed by atoms with Crippen LogP contribution in [0.25, 0.3) is 0 Å². The summed E-state index contributed by atoms with van der Waals surface area (Å²) in [6.45, 7) is 0. The second-order valence-corrected chi connectivity index (χ2v) is 3.43. The van der Waals surface area contributed by atoms with Crippen LogP contribution in [0.4, 0.5) is 0 Å². The molecule has 0 bridgehead atoms. The van der Waals surface area contributed by atoms with E-state index in [0.29, 0.717) is 0 Å². The molecule has 0 radical (unpaired) electrons. The summed E-state index contributed by atoms with van der Waals surface area (Å²) in [6.07, 6.45) is 0. The molecule has 0 saturated carbocycles. The Labute approximate surface area is 97.1 Å². The SMILES string of the molecule is O=S(=O)([O-])c1cccc(O)c1O.[Na+]. The number of hydrogen-bond donors (Lipinski definition) is 2. The molecule has 1 aromatic rings. The number of rotatable bonds is 1. The van der Waals surface area contributed by atoms with E-state index in [1.54, 1.807) is 0 Å². The Morgan fingerprint density at radius 1 is 1.23 bits per heavy atom. The van der Waals surface area contributed by atoms with E-state index < -0.39 is 26.5 Å². The standard InChI is InChI=1S/C6H6O5S.Na/c7-4-2-1-3-5(6(4)8)12(9,10)11;/h1-3,7-8H,(H,9,10,11);/q;+1/p-1. The molecule has 0 aliphatic carbocycles. The molecule has 0 aliphatic rings. The van der Waals surface area contributed by atoms with Crippen LogP contribution in [0.5, 0.6) is 11.5 Å². The number of benzene rings is 1. The third-order valence-electron chi connectivity index (χ3n) is 1.25. The molecule has 1 rings (SSSR count). The summed E-state index contributed by atoms with van der Waals surface area (Å²) in [5.74, 6) is -1.54. The average Bonchev–Trinajstić information content (AvgIpc) is 1.92. The van der Waals surface area contributed by atoms with Crippen molar-refractivity contribution >= 4 is 10.1 Å². The molecule has 0 aliphatic heterocycles. The molecule has 0 heterocycles. The first-order chi connectivity index (χ1) is 5.43. The zero-order chi connectivity index (χ0) is 9.35. The van der Waals surface area contributed by atoms with Crippen LogP contribution in [0.3, 0.4) is 0 Å². The summed E-state index contributed by atoms with van der Waals surface area (Å²) in [5.41, 5.74) is 0. The summed E-state index contributed by atoms with van der Waals surface area (Å²) in [5, 5.41) is 17.7. The van der Waals surface area contributed by atoms with E-state index in [9.17, 15) is 13.0 Å². The monoisotopic (exact) mass is 212 g/mol. The van der Waals surface area contributed by atoms with Gasteiger partial charge >= 0.3 is 29.6 Å². The number of phenolic OH excluding ortho intramolecular Hbond substituents is 2. The Bertz CT molecular complexity index is 399. The van der Waals surface area contributed by atoms with E-state index in [2.05, 4.69) is 0 Å². The zero-order valence-electron chi connectivity index (χ0n) is 6.76. The van der Waals surface area contributed by atoms with Gasteiger partial charge in [0, 0.05) is 0 Å². The minimum absolute atomic E-state index is 0. The molecule has 66 valence electrons. The van der Waals surface area contributed by atoms with Crippen LogP contribution in [-0.4, -0.2) is 23.2 Å². The van der Waals surface area contributed by atoms with Gasteiger partial charge in [0.1, 0.15) is 10.1 Å². The van der Waals surface area contributed by atoms with Crippen molar-refractivity contribution in [3.05, 3.63) is 18.2 Å². The van der Waals surface area contributed by atoms with Gasteiger partial charge in [0.2, 0.25) is 0 Å². The fourth-order valence-electron chi connectivity index (χ4n) is 0.712. The molecule has 0 saturated heterocycles. The van der Waals surface area contributed by atoms with E-state index in [0.717, 1.165) is 18.2 Å². The van der Waals surface area contributed by atoms with Crippen molar-refractivity contribution in [2.45, 2.75) is 4.90 Å². The maximum Gasteiger partial charge on any atom is 1.00 e. The van der Waals surface area contributed by atoms with Crippen molar-refractivity contribution < 1.29 is 52.7 Å². The van der Waals surface area contributed by atoms with Gasteiger partial charge in [0.15, 0.2) is 11.5 Å². The first-order valence-corrected chi connectivity index (χ1v) is 4.30. The Morgan fingerprint density at radius 3 is 2.15 bits per heavy atom. The van der Waals surface area contributed by atoms with Gasteiger partial charge in [-0.3, -0.25) is 0 Å². The Kier molecular flexibility index (Phi) is 4.21. The largest absolute Gasteiger partial charge is 1.00 e. The second-order valence-electron chi connectivity index (χ2n) is 2.08. The van der Waals surface area contributed by atoms with Crippen molar-refractivity contribution in [1.29, 1.82) is 0 Å². The Balaban J connectivity index is 0.00000144. The predicted octanol–water partition coefficient (Wildman–Crippen LogP) is -2.99. The van der Waals surface area contributed by atoms with Crippen molar-refractivity contribution in [2.75, 3.05) is 0 Å². The molecular formula is C6H5NaO5S. The molecule has 2 N–H and O–H groups in total. The first kappa shape index (κ1) is 12.7. The number of hydrogen-bond acceptors (Lipinski definition) is 5. The normalized spacial score (nSPS) is 10.5. The van der Waals surface area contributed by atoms with Crippen LogP contribution in [0.1, 0.15) is 0 Å². The summed E-state index contributed by atoms with van der Waals surface area (Å²) in [7, 11) is -4.72. The van der Waals surface area contributed by atoms with Crippen LogP contribution in [-0.2, 0) is 10.1 Å². The van der Waals surface area contributed by atoms with Gasteiger partial charge in [0.05, 0.1) is 4.90 Å². The molecular weight excluding hydrogens is 207 g/mol. The number of aromatic hydroxyl groups is 2. The summed E-state index contributed by atoms with van der Waals surface area (Å²) in [4.78, 5) is -0.817. The third-order valence-corrected chi connectivity index (χ3v) is 2.12. The van der Waals surface area contributed by atoms with Crippen molar-refractivity contribution in [1.82, 2.24) is 0 Å². The molecule has 7 heteroatoms. The molecule has 1 aromatic carbocycles. The summed E-state index contributed by atoms with van der Waals surface area (Å²) < 4.78 is 31.1. The fraction of sp³-hybridized carbons (Fsp3) is 0. The van der Waals surface area contributed by atoms with E-state index in [1.807, 2.05) is 0 Å². The molecule has 0 fully saturated rings. The third kappa shape index (κ3) is 2.85. The molecule has 0 spiro atoms. The maximum atomic E-state index is 10.4. The van der Waals surface area contributed by atoms with Crippen LogP contribution in [0, 0.1) is 0 Å². The second kappa shape index (κ2) is 4.30. The van der Waals surface area contributed by atoms with Crippen LogP contribution >= 0.6 is 0 Å². The van der Waals surface area contributed by atoms with Gasteiger partial charge in [-0.1, -0.05) is 6.07 Å². The summed E-state index contributed by atoms with van der Waals surface area (Å²) >= 11 is 0. The molecule has 0 aromatic heterocycles. The van der Waals surface area contributed by atoms with Crippen molar-refractivity contribution in [2.24, 2.45) is 0 Å². The zero-order valence-corrected chi connectivity index (χ0v) is 9.58. The van der Waals surface area contributed by atoms with E-state index >= 15 is 0 Å². The van der Waals surface area contributed by atoms with Crippen LogP contribution < -0.4 is 29.6 Å². The van der Waals surface area contributed by atoms with E-state index in [1.165, 1.54) is 0 Å². The van der Waals surface area contributed by atoms with Gasteiger partial charge < -0.3 is 14.8 Å². The fourth-order valence-corrected chi connectivity index (χ4v) is 1.30.